The Labute approximate surface area is 211 Å². The second kappa shape index (κ2) is 9.66. The molecule has 0 saturated heterocycles. The van der Waals surface area contributed by atoms with Crippen molar-refractivity contribution in [3.05, 3.63) is 86.0 Å². The monoisotopic (exact) mass is 509 g/mol. The first kappa shape index (κ1) is 23.3. The van der Waals surface area contributed by atoms with Crippen molar-refractivity contribution >= 4 is 50.7 Å². The van der Waals surface area contributed by atoms with E-state index in [-0.39, 0.29) is 17.1 Å². The number of thioether (sulfide) groups is 1. The van der Waals surface area contributed by atoms with Gasteiger partial charge in [-0.05, 0) is 62.2 Å². The number of fused-ring (bicyclic) bond motifs is 3. The van der Waals surface area contributed by atoms with E-state index in [0.29, 0.717) is 21.8 Å². The van der Waals surface area contributed by atoms with Crippen LogP contribution in [0.25, 0.3) is 15.9 Å². The van der Waals surface area contributed by atoms with Crippen LogP contribution < -0.4 is 5.56 Å². The highest BCUT2D eigenvalue weighted by atomic mass is 35.5. The third-order valence-electron chi connectivity index (χ3n) is 6.12. The van der Waals surface area contributed by atoms with Gasteiger partial charge in [0.15, 0.2) is 10.9 Å². The number of rotatable bonds is 6. The van der Waals surface area contributed by atoms with Crippen LogP contribution >= 0.6 is 34.7 Å². The number of thiophene rings is 1. The number of carbonyl (C=O) groups excluding carboxylic acids is 1. The maximum atomic E-state index is 13.9. The summed E-state index contributed by atoms with van der Waals surface area (Å²) in [6, 6.07) is 16.9. The molecule has 4 aromatic rings. The lowest BCUT2D eigenvalue weighted by Crippen LogP contribution is -2.35. The molecule has 0 spiro atoms. The molecule has 0 fully saturated rings. The minimum Gasteiger partial charge on any atom is -0.296 e. The van der Waals surface area contributed by atoms with Crippen molar-refractivity contribution in [3.8, 4) is 5.69 Å². The van der Waals surface area contributed by atoms with E-state index >= 15 is 0 Å². The Balaban J connectivity index is 1.57. The van der Waals surface area contributed by atoms with Crippen LogP contribution in [0, 0.1) is 0 Å². The molecule has 174 valence electrons. The van der Waals surface area contributed by atoms with Gasteiger partial charge in [-0.25, -0.2) is 4.98 Å². The molecule has 34 heavy (non-hydrogen) atoms. The molecule has 5 nitrogen and oxygen atoms in total. The SMILES string of the molecule is CC(C)N1CCc2c(sc3nc(SCC(=O)c4ccc(Cl)cc4)n(-c4ccccc4)c(=O)c23)C1. The molecule has 0 aliphatic carbocycles. The number of Topliss-reactive ketones (excluding diaryl/α,β-unsaturated/α-hetero) is 1. The van der Waals surface area contributed by atoms with Gasteiger partial charge in [0.2, 0.25) is 0 Å². The molecule has 2 aromatic carbocycles. The molecule has 5 rings (SSSR count). The Morgan fingerprint density at radius 2 is 1.88 bits per heavy atom. The minimum atomic E-state index is -0.0619. The standard InChI is InChI=1S/C26H24ClN3O2S2/c1-16(2)29-13-12-20-22(14-29)34-24-23(20)25(32)30(19-6-4-3-5-7-19)26(28-24)33-15-21(31)17-8-10-18(27)11-9-17/h3-11,16H,12-15H2,1-2H3. The van der Waals surface area contributed by atoms with Crippen molar-refractivity contribution in [2.24, 2.45) is 0 Å². The van der Waals surface area contributed by atoms with Crippen molar-refractivity contribution in [3.63, 3.8) is 0 Å². The quantitative estimate of drug-likeness (QED) is 0.185. The molecule has 2 aromatic heterocycles. The lowest BCUT2D eigenvalue weighted by atomic mass is 10.0. The lowest BCUT2D eigenvalue weighted by molar-refractivity contribution is 0.102. The molecule has 0 N–H and O–H groups in total. The molecular weight excluding hydrogens is 486 g/mol. The number of hydrogen-bond acceptors (Lipinski definition) is 6. The summed E-state index contributed by atoms with van der Waals surface area (Å²) in [5, 5.41) is 1.85. The first-order chi connectivity index (χ1) is 16.4. The summed E-state index contributed by atoms with van der Waals surface area (Å²) in [4.78, 5) is 36.0. The number of carbonyl (C=O) groups is 1. The summed E-state index contributed by atoms with van der Waals surface area (Å²) in [5.41, 5.74) is 2.41. The van der Waals surface area contributed by atoms with Crippen LogP contribution in [0.4, 0.5) is 0 Å². The number of hydrogen-bond donors (Lipinski definition) is 0. The van der Waals surface area contributed by atoms with E-state index in [1.165, 1.54) is 16.6 Å². The highest BCUT2D eigenvalue weighted by Crippen LogP contribution is 2.35. The van der Waals surface area contributed by atoms with E-state index in [9.17, 15) is 9.59 Å². The maximum absolute atomic E-state index is 13.9. The van der Waals surface area contributed by atoms with E-state index in [4.69, 9.17) is 16.6 Å². The summed E-state index contributed by atoms with van der Waals surface area (Å²) in [6.07, 6.45) is 0.848. The number of nitrogens with zero attached hydrogens (tertiary/aromatic N) is 3. The molecule has 1 aliphatic heterocycles. The van der Waals surface area contributed by atoms with Gasteiger partial charge in [0.25, 0.3) is 5.56 Å². The van der Waals surface area contributed by atoms with Gasteiger partial charge in [0, 0.05) is 34.6 Å². The van der Waals surface area contributed by atoms with Crippen LogP contribution in [-0.2, 0) is 13.0 Å². The summed E-state index contributed by atoms with van der Waals surface area (Å²) in [5.74, 6) is 0.146. The minimum absolute atomic E-state index is 0.0336. The first-order valence-corrected chi connectivity index (χ1v) is 13.4. The van der Waals surface area contributed by atoms with Crippen LogP contribution in [0.5, 0.6) is 0 Å². The van der Waals surface area contributed by atoms with E-state index < -0.39 is 0 Å². The van der Waals surface area contributed by atoms with Crippen LogP contribution in [0.15, 0.2) is 64.5 Å². The zero-order valence-corrected chi connectivity index (χ0v) is 21.3. The Morgan fingerprint density at radius 3 is 2.59 bits per heavy atom. The molecule has 0 radical (unpaired) electrons. The Hall–Kier alpha value is -2.45. The molecule has 3 heterocycles. The Bertz CT molecular complexity index is 1410. The predicted molar refractivity (Wildman–Crippen MR) is 141 cm³/mol. The van der Waals surface area contributed by atoms with E-state index in [1.54, 1.807) is 40.2 Å². The van der Waals surface area contributed by atoms with Gasteiger partial charge < -0.3 is 0 Å². The smallest absolute Gasteiger partial charge is 0.267 e. The second-order valence-corrected chi connectivity index (χ2v) is 11.0. The van der Waals surface area contributed by atoms with Crippen molar-refractivity contribution in [2.45, 2.75) is 38.0 Å². The van der Waals surface area contributed by atoms with Crippen molar-refractivity contribution in [1.29, 1.82) is 0 Å². The highest BCUT2D eigenvalue weighted by molar-refractivity contribution is 7.99. The second-order valence-electron chi connectivity index (χ2n) is 8.59. The number of ketones is 1. The van der Waals surface area contributed by atoms with Gasteiger partial charge >= 0.3 is 0 Å². The summed E-state index contributed by atoms with van der Waals surface area (Å²) < 4.78 is 1.66. The molecule has 1 aliphatic rings. The van der Waals surface area contributed by atoms with Crippen LogP contribution in [-0.4, -0.2) is 38.6 Å². The van der Waals surface area contributed by atoms with Gasteiger partial charge in [-0.1, -0.05) is 41.6 Å². The normalized spacial score (nSPS) is 14.0. The lowest BCUT2D eigenvalue weighted by Gasteiger charge is -2.30. The fraction of sp³-hybridized carbons (Fsp3) is 0.269. The van der Waals surface area contributed by atoms with E-state index in [2.05, 4.69) is 18.7 Å². The third kappa shape index (κ3) is 4.45. The van der Waals surface area contributed by atoms with Gasteiger partial charge in [-0.15, -0.1) is 11.3 Å². The zero-order valence-electron chi connectivity index (χ0n) is 19.0. The van der Waals surface area contributed by atoms with Crippen LogP contribution in [0.2, 0.25) is 5.02 Å². The largest absolute Gasteiger partial charge is 0.296 e. The summed E-state index contributed by atoms with van der Waals surface area (Å²) in [7, 11) is 0. The van der Waals surface area contributed by atoms with Crippen LogP contribution in [0.1, 0.15) is 34.6 Å². The predicted octanol–water partition coefficient (Wildman–Crippen LogP) is 5.84. The molecule has 0 bridgehead atoms. The summed E-state index contributed by atoms with van der Waals surface area (Å²) >= 11 is 8.85. The fourth-order valence-corrected chi connectivity index (χ4v) is 6.55. The number of halogens is 1. The van der Waals surface area contributed by atoms with Gasteiger partial charge in [-0.3, -0.25) is 19.1 Å². The molecule has 0 unspecified atom stereocenters. The average Bonchev–Trinajstić information content (AvgIpc) is 3.21. The number of aromatic nitrogens is 2. The Kier molecular flexibility index (Phi) is 6.62. The molecule has 0 amide bonds. The zero-order chi connectivity index (χ0) is 23.8. The van der Waals surface area contributed by atoms with Gasteiger partial charge in [0.1, 0.15) is 4.83 Å². The fourth-order valence-electron chi connectivity index (χ4n) is 4.24. The molecule has 0 atom stereocenters. The van der Waals surface area contributed by atoms with Gasteiger partial charge in [-0.2, -0.15) is 0 Å². The highest BCUT2D eigenvalue weighted by Gasteiger charge is 2.26. The third-order valence-corrected chi connectivity index (χ3v) is 8.42. The molecule has 8 heteroatoms. The maximum Gasteiger partial charge on any atom is 0.267 e. The topological polar surface area (TPSA) is 55.2 Å². The number of benzene rings is 2. The van der Waals surface area contributed by atoms with Crippen molar-refractivity contribution in [2.75, 3.05) is 12.3 Å². The Morgan fingerprint density at radius 1 is 1.15 bits per heavy atom. The summed E-state index contributed by atoms with van der Waals surface area (Å²) in [6.45, 7) is 6.18. The van der Waals surface area contributed by atoms with E-state index in [1.807, 2.05) is 30.3 Å². The van der Waals surface area contributed by atoms with Crippen molar-refractivity contribution in [1.82, 2.24) is 14.5 Å². The number of para-hydroxylation sites is 1. The van der Waals surface area contributed by atoms with Crippen molar-refractivity contribution < 1.29 is 4.79 Å². The molecule has 0 saturated carbocycles. The average molecular weight is 510 g/mol. The molecular formula is C26H24ClN3O2S2. The van der Waals surface area contributed by atoms with Crippen LogP contribution in [0.3, 0.4) is 0 Å². The van der Waals surface area contributed by atoms with E-state index in [0.717, 1.165) is 41.0 Å². The first-order valence-electron chi connectivity index (χ1n) is 11.2. The van der Waals surface area contributed by atoms with Gasteiger partial charge in [0.05, 0.1) is 16.8 Å².